The Morgan fingerprint density at radius 1 is 1.35 bits per heavy atom. The first-order chi connectivity index (χ1) is 8.18. The Balaban J connectivity index is 2.37. The predicted molar refractivity (Wildman–Crippen MR) is 62.8 cm³/mol. The second-order valence-electron chi connectivity index (χ2n) is 3.46. The number of hydrogen-bond donors (Lipinski definition) is 2. The molecule has 86 valence electrons. The van der Waals surface area contributed by atoms with E-state index in [0.29, 0.717) is 5.82 Å². The Labute approximate surface area is 97.9 Å². The zero-order valence-electron chi connectivity index (χ0n) is 9.21. The molecule has 1 aromatic heterocycles. The van der Waals surface area contributed by atoms with Crippen molar-refractivity contribution in [1.82, 2.24) is 15.2 Å². The van der Waals surface area contributed by atoms with Crippen LogP contribution in [0.5, 0.6) is 0 Å². The number of aromatic nitrogens is 3. The molecule has 2 aromatic rings. The molecule has 1 aromatic carbocycles. The van der Waals surface area contributed by atoms with E-state index in [4.69, 9.17) is 5.73 Å². The molecule has 6 heteroatoms. The zero-order valence-corrected chi connectivity index (χ0v) is 9.21. The van der Waals surface area contributed by atoms with Crippen molar-refractivity contribution >= 4 is 17.4 Å². The summed E-state index contributed by atoms with van der Waals surface area (Å²) in [7, 11) is 0. The summed E-state index contributed by atoms with van der Waals surface area (Å²) in [5, 5.41) is 10.2. The fourth-order valence-electron chi connectivity index (χ4n) is 1.37. The maximum absolute atomic E-state index is 11.1. The summed E-state index contributed by atoms with van der Waals surface area (Å²) in [6, 6.07) is 7.63. The molecule has 0 radical (unpaired) electrons. The minimum absolute atomic E-state index is 0.0238. The number of carbonyl (C=O) groups is 1. The van der Waals surface area contributed by atoms with Gasteiger partial charge in [0.25, 0.3) is 5.91 Å². The summed E-state index contributed by atoms with van der Waals surface area (Å²) in [6.45, 7) is 1.95. The molecule has 2 rings (SSSR count). The lowest BCUT2D eigenvalue weighted by molar-refractivity contribution is 0.0995. The standard InChI is InChI=1S/C11H11N5O/c1-7-4-2-3-5-8(7)15-11-9(10(12)17)16-14-6-13-11/h2-6H,1H3,(H2,12,17)(H,13,14,15). The maximum atomic E-state index is 11.1. The summed E-state index contributed by atoms with van der Waals surface area (Å²) in [5.41, 5.74) is 7.08. The molecule has 0 aliphatic carbocycles. The van der Waals surface area contributed by atoms with Crippen LogP contribution in [0.15, 0.2) is 30.6 Å². The molecule has 3 N–H and O–H groups in total. The molecule has 0 aliphatic rings. The van der Waals surface area contributed by atoms with E-state index in [9.17, 15) is 4.79 Å². The van der Waals surface area contributed by atoms with Gasteiger partial charge < -0.3 is 11.1 Å². The summed E-state index contributed by atoms with van der Waals surface area (Å²) in [4.78, 5) is 15.1. The molecule has 0 unspecified atom stereocenters. The van der Waals surface area contributed by atoms with Gasteiger partial charge in [-0.2, -0.15) is 0 Å². The van der Waals surface area contributed by atoms with Crippen LogP contribution in [-0.2, 0) is 0 Å². The highest BCUT2D eigenvalue weighted by Gasteiger charge is 2.12. The topological polar surface area (TPSA) is 93.8 Å². The Hall–Kier alpha value is -2.50. The van der Waals surface area contributed by atoms with Crippen LogP contribution in [-0.4, -0.2) is 21.1 Å². The molecule has 1 heterocycles. The quantitative estimate of drug-likeness (QED) is 0.819. The third-order valence-electron chi connectivity index (χ3n) is 2.25. The van der Waals surface area contributed by atoms with Gasteiger partial charge in [-0.25, -0.2) is 4.98 Å². The van der Waals surface area contributed by atoms with Crippen LogP contribution >= 0.6 is 0 Å². The van der Waals surface area contributed by atoms with E-state index in [2.05, 4.69) is 20.5 Å². The van der Waals surface area contributed by atoms with Crippen LogP contribution in [0.25, 0.3) is 0 Å². The van der Waals surface area contributed by atoms with Gasteiger partial charge in [-0.3, -0.25) is 4.79 Å². The molecule has 0 saturated heterocycles. The molecule has 17 heavy (non-hydrogen) atoms. The zero-order chi connectivity index (χ0) is 12.3. The van der Waals surface area contributed by atoms with E-state index >= 15 is 0 Å². The molecule has 0 atom stereocenters. The van der Waals surface area contributed by atoms with Crippen LogP contribution in [0.3, 0.4) is 0 Å². The number of carbonyl (C=O) groups excluding carboxylic acids is 1. The van der Waals surface area contributed by atoms with Crippen LogP contribution in [0.1, 0.15) is 16.1 Å². The Kier molecular flexibility index (Phi) is 2.95. The van der Waals surface area contributed by atoms with E-state index in [-0.39, 0.29) is 5.69 Å². The first-order valence-electron chi connectivity index (χ1n) is 4.98. The number of hydrogen-bond acceptors (Lipinski definition) is 5. The van der Waals surface area contributed by atoms with Crippen LogP contribution in [0.2, 0.25) is 0 Å². The lowest BCUT2D eigenvalue weighted by atomic mass is 10.2. The van der Waals surface area contributed by atoms with Gasteiger partial charge in [-0.1, -0.05) is 18.2 Å². The van der Waals surface area contributed by atoms with Gasteiger partial charge in [0.15, 0.2) is 11.5 Å². The fourth-order valence-corrected chi connectivity index (χ4v) is 1.37. The molecule has 0 saturated carbocycles. The van der Waals surface area contributed by atoms with Gasteiger partial charge in [0, 0.05) is 5.69 Å². The second kappa shape index (κ2) is 4.56. The predicted octanol–water partition coefficient (Wildman–Crippen LogP) is 1.02. The van der Waals surface area contributed by atoms with Crippen molar-refractivity contribution < 1.29 is 4.79 Å². The van der Waals surface area contributed by atoms with Gasteiger partial charge in [0.05, 0.1) is 0 Å². The average molecular weight is 229 g/mol. The van der Waals surface area contributed by atoms with E-state index in [1.165, 1.54) is 6.33 Å². The minimum Gasteiger partial charge on any atom is -0.364 e. The number of amides is 1. The number of para-hydroxylation sites is 1. The average Bonchev–Trinajstić information content (AvgIpc) is 2.32. The largest absolute Gasteiger partial charge is 0.364 e. The number of rotatable bonds is 3. The van der Waals surface area contributed by atoms with E-state index in [1.807, 2.05) is 31.2 Å². The van der Waals surface area contributed by atoms with Gasteiger partial charge in [-0.05, 0) is 18.6 Å². The number of benzene rings is 1. The van der Waals surface area contributed by atoms with Crippen molar-refractivity contribution in [2.24, 2.45) is 5.73 Å². The molecule has 0 bridgehead atoms. The number of aryl methyl sites for hydroxylation is 1. The van der Waals surface area contributed by atoms with Gasteiger partial charge >= 0.3 is 0 Å². The van der Waals surface area contributed by atoms with E-state index in [1.54, 1.807) is 0 Å². The lowest BCUT2D eigenvalue weighted by Gasteiger charge is -2.09. The maximum Gasteiger partial charge on any atom is 0.273 e. The lowest BCUT2D eigenvalue weighted by Crippen LogP contribution is -2.17. The fraction of sp³-hybridized carbons (Fsp3) is 0.0909. The third-order valence-corrected chi connectivity index (χ3v) is 2.25. The number of nitrogens with two attached hydrogens (primary N) is 1. The van der Waals surface area contributed by atoms with Gasteiger partial charge in [0.1, 0.15) is 6.33 Å². The van der Waals surface area contributed by atoms with Crippen molar-refractivity contribution in [3.63, 3.8) is 0 Å². The number of primary amides is 1. The SMILES string of the molecule is Cc1ccccc1Nc1ncnnc1C(N)=O. The van der Waals surface area contributed by atoms with Crippen molar-refractivity contribution in [1.29, 1.82) is 0 Å². The highest BCUT2D eigenvalue weighted by molar-refractivity contribution is 5.95. The first-order valence-corrected chi connectivity index (χ1v) is 4.98. The molecule has 0 fully saturated rings. The Morgan fingerprint density at radius 2 is 2.12 bits per heavy atom. The molecular weight excluding hydrogens is 218 g/mol. The Bertz CT molecular complexity index is 555. The monoisotopic (exact) mass is 229 g/mol. The number of nitrogens with zero attached hydrogens (tertiary/aromatic N) is 3. The van der Waals surface area contributed by atoms with Gasteiger partial charge in [-0.15, -0.1) is 10.2 Å². The second-order valence-corrected chi connectivity index (χ2v) is 3.46. The molecule has 0 spiro atoms. The summed E-state index contributed by atoms with van der Waals surface area (Å²) >= 11 is 0. The first kappa shape index (κ1) is 11.0. The van der Waals surface area contributed by atoms with E-state index < -0.39 is 5.91 Å². The van der Waals surface area contributed by atoms with E-state index in [0.717, 1.165) is 11.3 Å². The summed E-state index contributed by atoms with van der Waals surface area (Å²) < 4.78 is 0. The summed E-state index contributed by atoms with van der Waals surface area (Å²) in [5.74, 6) is -0.358. The highest BCUT2D eigenvalue weighted by atomic mass is 16.1. The van der Waals surface area contributed by atoms with Crippen LogP contribution in [0.4, 0.5) is 11.5 Å². The number of anilines is 2. The highest BCUT2D eigenvalue weighted by Crippen LogP contribution is 2.19. The normalized spacial score (nSPS) is 9.94. The Morgan fingerprint density at radius 3 is 2.82 bits per heavy atom. The van der Waals surface area contributed by atoms with Gasteiger partial charge in [0.2, 0.25) is 0 Å². The smallest absolute Gasteiger partial charge is 0.273 e. The molecule has 6 nitrogen and oxygen atoms in total. The molecular formula is C11H11N5O. The molecule has 1 amide bonds. The third kappa shape index (κ3) is 2.36. The summed E-state index contributed by atoms with van der Waals surface area (Å²) in [6.07, 6.45) is 1.26. The van der Waals surface area contributed by atoms with Crippen molar-refractivity contribution in [3.05, 3.63) is 41.9 Å². The number of nitrogens with one attached hydrogen (secondary N) is 1. The minimum atomic E-state index is -0.665. The van der Waals surface area contributed by atoms with Crippen molar-refractivity contribution in [2.75, 3.05) is 5.32 Å². The van der Waals surface area contributed by atoms with Crippen LogP contribution in [0, 0.1) is 6.92 Å². The molecule has 0 aliphatic heterocycles. The van der Waals surface area contributed by atoms with Crippen molar-refractivity contribution in [2.45, 2.75) is 6.92 Å². The van der Waals surface area contributed by atoms with Crippen molar-refractivity contribution in [3.8, 4) is 0 Å². The van der Waals surface area contributed by atoms with Crippen LogP contribution < -0.4 is 11.1 Å².